The van der Waals surface area contributed by atoms with Gasteiger partial charge in [0.1, 0.15) is 11.6 Å². The summed E-state index contributed by atoms with van der Waals surface area (Å²) in [7, 11) is 0. The van der Waals surface area contributed by atoms with Crippen LogP contribution in [0.4, 0.5) is 13.2 Å². The number of benzene rings is 2. The molecule has 0 saturated carbocycles. The highest BCUT2D eigenvalue weighted by atomic mass is 32.1. The molecule has 7 heteroatoms. The van der Waals surface area contributed by atoms with Gasteiger partial charge in [-0.3, -0.25) is 4.79 Å². The minimum atomic E-state index is -4.81. The largest absolute Gasteiger partial charge is 0.417 e. The lowest BCUT2D eigenvalue weighted by Gasteiger charge is -2.17. The third kappa shape index (κ3) is 3.75. The number of nitriles is 1. The third-order valence-corrected chi connectivity index (χ3v) is 6.55. The summed E-state index contributed by atoms with van der Waals surface area (Å²) in [4.78, 5) is 13.7. The van der Waals surface area contributed by atoms with E-state index in [9.17, 15) is 23.2 Å². The lowest BCUT2D eigenvalue weighted by atomic mass is 10.0. The highest BCUT2D eigenvalue weighted by molar-refractivity contribution is 7.22. The van der Waals surface area contributed by atoms with E-state index in [0.717, 1.165) is 32.8 Å². The molecule has 0 aliphatic rings. The maximum absolute atomic E-state index is 13.7. The number of aryl methyl sites for hydroxylation is 2. The molecule has 0 aliphatic heterocycles. The van der Waals surface area contributed by atoms with E-state index in [1.165, 1.54) is 22.0 Å². The number of thiophene rings is 1. The van der Waals surface area contributed by atoms with E-state index in [0.29, 0.717) is 4.88 Å². The molecule has 0 fully saturated rings. The first-order chi connectivity index (χ1) is 14.7. The van der Waals surface area contributed by atoms with Crippen molar-refractivity contribution in [2.75, 3.05) is 0 Å². The average Bonchev–Trinajstić information content (AvgIpc) is 3.06. The van der Waals surface area contributed by atoms with Gasteiger partial charge in [-0.2, -0.15) is 18.4 Å². The van der Waals surface area contributed by atoms with Gasteiger partial charge in [0.05, 0.1) is 22.7 Å². The molecule has 2 aromatic heterocycles. The smallest absolute Gasteiger partial charge is 0.302 e. The first kappa shape index (κ1) is 20.9. The fraction of sp³-hybridized carbons (Fsp3) is 0.167. The molecule has 4 aromatic rings. The zero-order valence-electron chi connectivity index (χ0n) is 16.7. The van der Waals surface area contributed by atoms with Gasteiger partial charge in [0.15, 0.2) is 0 Å². The molecule has 0 amide bonds. The van der Waals surface area contributed by atoms with Crippen LogP contribution in [0.1, 0.15) is 27.8 Å². The molecule has 156 valence electrons. The van der Waals surface area contributed by atoms with Gasteiger partial charge in [0, 0.05) is 4.70 Å². The molecular weight excluding hydrogens is 421 g/mol. The van der Waals surface area contributed by atoms with Gasteiger partial charge in [0.2, 0.25) is 0 Å². The monoisotopic (exact) mass is 438 g/mol. The zero-order valence-corrected chi connectivity index (χ0v) is 17.6. The number of alkyl halides is 3. The number of nitrogens with zero attached hydrogens (tertiary/aromatic N) is 2. The maximum Gasteiger partial charge on any atom is 0.417 e. The molecular formula is C24H17F3N2OS. The summed E-state index contributed by atoms with van der Waals surface area (Å²) >= 11 is 1.34. The zero-order chi connectivity index (χ0) is 22.3. The van der Waals surface area contributed by atoms with Crippen LogP contribution < -0.4 is 5.56 Å². The van der Waals surface area contributed by atoms with Crippen molar-refractivity contribution >= 4 is 21.4 Å². The van der Waals surface area contributed by atoms with E-state index in [-0.39, 0.29) is 12.2 Å². The summed E-state index contributed by atoms with van der Waals surface area (Å²) < 4.78 is 43.4. The predicted octanol–water partition coefficient (Wildman–Crippen LogP) is 6.29. The molecule has 31 heavy (non-hydrogen) atoms. The Bertz CT molecular complexity index is 1390. The molecule has 3 nitrogen and oxygen atoms in total. The fourth-order valence-electron chi connectivity index (χ4n) is 3.62. The molecule has 0 N–H and O–H groups in total. The number of halogens is 3. The van der Waals surface area contributed by atoms with Gasteiger partial charge < -0.3 is 4.57 Å². The van der Waals surface area contributed by atoms with Crippen molar-refractivity contribution < 1.29 is 13.2 Å². The van der Waals surface area contributed by atoms with Crippen molar-refractivity contribution in [3.05, 3.63) is 92.8 Å². The van der Waals surface area contributed by atoms with Crippen molar-refractivity contribution in [1.29, 1.82) is 5.26 Å². The Labute approximate surface area is 180 Å². The number of hydrogen-bond donors (Lipinski definition) is 0. The lowest BCUT2D eigenvalue weighted by molar-refractivity contribution is -0.137. The van der Waals surface area contributed by atoms with Crippen molar-refractivity contribution in [3.8, 4) is 16.6 Å². The van der Waals surface area contributed by atoms with E-state index >= 15 is 0 Å². The molecule has 0 unspecified atom stereocenters. The van der Waals surface area contributed by atoms with E-state index in [4.69, 9.17) is 0 Å². The number of pyridine rings is 1. The lowest BCUT2D eigenvalue weighted by Crippen LogP contribution is -2.28. The normalized spacial score (nSPS) is 11.6. The summed E-state index contributed by atoms with van der Waals surface area (Å²) in [5, 5.41) is 10.3. The van der Waals surface area contributed by atoms with Crippen LogP contribution in [0.5, 0.6) is 0 Å². The van der Waals surface area contributed by atoms with Crippen LogP contribution in [0.25, 0.3) is 20.7 Å². The quantitative estimate of drug-likeness (QED) is 0.378. The number of fused-ring (bicyclic) bond motifs is 1. The van der Waals surface area contributed by atoms with Crippen LogP contribution in [0.2, 0.25) is 0 Å². The van der Waals surface area contributed by atoms with E-state index in [1.54, 1.807) is 0 Å². The van der Waals surface area contributed by atoms with Gasteiger partial charge in [0.25, 0.3) is 5.56 Å². The Hall–Kier alpha value is -3.37. The van der Waals surface area contributed by atoms with Gasteiger partial charge in [-0.1, -0.05) is 48.0 Å². The molecule has 2 aromatic carbocycles. The molecule has 4 rings (SSSR count). The van der Waals surface area contributed by atoms with Gasteiger partial charge >= 0.3 is 6.18 Å². The Balaban J connectivity index is 2.04. The Morgan fingerprint density at radius 1 is 1.06 bits per heavy atom. The third-order valence-electron chi connectivity index (χ3n) is 5.26. The molecule has 2 heterocycles. The van der Waals surface area contributed by atoms with E-state index in [1.807, 2.05) is 62.4 Å². The molecule has 0 spiro atoms. The highest BCUT2D eigenvalue weighted by Gasteiger charge is 2.37. The van der Waals surface area contributed by atoms with Crippen molar-refractivity contribution in [2.24, 2.45) is 0 Å². The SMILES string of the molecule is Cc1ccc(Cn2c(-c3sc4ccccc4c3C)cc(C(F)(F)F)c(C#N)c2=O)cc1. The Morgan fingerprint density at radius 2 is 1.74 bits per heavy atom. The van der Waals surface area contributed by atoms with Crippen LogP contribution in [-0.2, 0) is 12.7 Å². The fourth-order valence-corrected chi connectivity index (χ4v) is 4.85. The van der Waals surface area contributed by atoms with E-state index < -0.39 is 22.9 Å². The van der Waals surface area contributed by atoms with Crippen LogP contribution >= 0.6 is 11.3 Å². The topological polar surface area (TPSA) is 45.8 Å². The second-order valence-corrected chi connectivity index (χ2v) is 8.41. The first-order valence-electron chi connectivity index (χ1n) is 9.50. The number of hydrogen-bond acceptors (Lipinski definition) is 3. The predicted molar refractivity (Wildman–Crippen MR) is 116 cm³/mol. The number of aromatic nitrogens is 1. The molecule has 0 saturated heterocycles. The summed E-state index contributed by atoms with van der Waals surface area (Å²) in [6.07, 6.45) is -4.81. The van der Waals surface area contributed by atoms with Gasteiger partial charge in [-0.05, 0) is 42.5 Å². The first-order valence-corrected chi connectivity index (χ1v) is 10.3. The Kier molecular flexibility index (Phi) is 5.19. The van der Waals surface area contributed by atoms with Crippen LogP contribution in [0.3, 0.4) is 0 Å². The summed E-state index contributed by atoms with van der Waals surface area (Å²) in [6.45, 7) is 3.82. The molecule has 0 atom stereocenters. The van der Waals surface area contributed by atoms with Crippen molar-refractivity contribution in [3.63, 3.8) is 0 Å². The average molecular weight is 438 g/mol. The summed E-state index contributed by atoms with van der Waals surface area (Å²) in [6, 6.07) is 17.3. The maximum atomic E-state index is 13.7. The number of rotatable bonds is 3. The second-order valence-electron chi connectivity index (χ2n) is 7.36. The highest BCUT2D eigenvalue weighted by Crippen LogP contribution is 2.40. The van der Waals surface area contributed by atoms with Gasteiger partial charge in [-0.15, -0.1) is 11.3 Å². The molecule has 0 bridgehead atoms. The minimum absolute atomic E-state index is 0.0644. The second kappa shape index (κ2) is 7.71. The van der Waals surface area contributed by atoms with Gasteiger partial charge in [-0.25, -0.2) is 0 Å². The minimum Gasteiger partial charge on any atom is -0.302 e. The summed E-state index contributed by atoms with van der Waals surface area (Å²) in [5.41, 5.74) is -0.275. The molecule has 0 aliphatic carbocycles. The Morgan fingerprint density at radius 3 is 2.35 bits per heavy atom. The summed E-state index contributed by atoms with van der Waals surface area (Å²) in [5.74, 6) is 0. The standard InChI is InChI=1S/C24H17F3N2OS/c1-14-7-9-16(10-8-14)13-29-20(11-19(24(25,26)27)18(12-28)23(29)30)22-15(2)17-5-3-4-6-21(17)31-22/h3-11H,13H2,1-2H3. The van der Waals surface area contributed by atoms with Crippen LogP contribution in [0, 0.1) is 25.2 Å². The van der Waals surface area contributed by atoms with Crippen LogP contribution in [-0.4, -0.2) is 4.57 Å². The van der Waals surface area contributed by atoms with E-state index in [2.05, 4.69) is 0 Å². The van der Waals surface area contributed by atoms with Crippen molar-refractivity contribution in [1.82, 2.24) is 4.57 Å². The van der Waals surface area contributed by atoms with Crippen molar-refractivity contribution in [2.45, 2.75) is 26.6 Å². The van der Waals surface area contributed by atoms with Crippen LogP contribution in [0.15, 0.2) is 59.4 Å². The molecule has 0 radical (unpaired) electrons.